The molecule has 2 heterocycles. The van der Waals surface area contributed by atoms with Gasteiger partial charge in [0, 0.05) is 19.1 Å². The van der Waals surface area contributed by atoms with Gasteiger partial charge in [0.15, 0.2) is 0 Å². The molecule has 2 atom stereocenters. The highest BCUT2D eigenvalue weighted by molar-refractivity contribution is 4.83. The smallest absolute Gasteiger partial charge is 0.00387 e. The maximum absolute atomic E-state index is 2.75. The molecule has 0 spiro atoms. The molecule has 2 rings (SSSR count). The van der Waals surface area contributed by atoms with Gasteiger partial charge >= 0.3 is 0 Å². The van der Waals surface area contributed by atoms with Crippen LogP contribution >= 0.6 is 0 Å². The first kappa shape index (κ1) is 15.3. The van der Waals surface area contributed by atoms with Gasteiger partial charge in [-0.05, 0) is 70.5 Å². The molecule has 1 unspecified atom stereocenters. The Morgan fingerprint density at radius 1 is 1.05 bits per heavy atom. The first-order chi connectivity index (χ1) is 9.10. The lowest BCUT2D eigenvalue weighted by molar-refractivity contribution is 0.0667. The normalized spacial score (nSPS) is 32.1. The fourth-order valence-corrected chi connectivity index (χ4v) is 3.88. The van der Waals surface area contributed by atoms with Crippen molar-refractivity contribution in [1.82, 2.24) is 9.80 Å². The Morgan fingerprint density at radius 3 is 2.26 bits per heavy atom. The van der Waals surface area contributed by atoms with E-state index in [0.717, 1.165) is 23.8 Å². The second kappa shape index (κ2) is 7.08. The summed E-state index contributed by atoms with van der Waals surface area (Å²) < 4.78 is 0. The van der Waals surface area contributed by atoms with Crippen LogP contribution in [-0.2, 0) is 0 Å². The summed E-state index contributed by atoms with van der Waals surface area (Å²) in [6.07, 6.45) is 5.68. The van der Waals surface area contributed by atoms with Crippen LogP contribution in [0.25, 0.3) is 0 Å². The van der Waals surface area contributed by atoms with Crippen LogP contribution in [0.3, 0.4) is 0 Å². The molecular weight excluding hydrogens is 232 g/mol. The molecule has 0 aromatic heterocycles. The monoisotopic (exact) mass is 266 g/mol. The molecule has 0 aromatic carbocycles. The van der Waals surface area contributed by atoms with E-state index in [4.69, 9.17) is 0 Å². The molecule has 2 saturated heterocycles. The third-order valence-electron chi connectivity index (χ3n) is 5.62. The van der Waals surface area contributed by atoms with Crippen LogP contribution in [0.1, 0.15) is 53.4 Å². The van der Waals surface area contributed by atoms with Crippen LogP contribution in [0, 0.1) is 17.8 Å². The molecule has 0 amide bonds. The zero-order chi connectivity index (χ0) is 13.8. The number of nitrogens with zero attached hydrogens (tertiary/aromatic N) is 2. The van der Waals surface area contributed by atoms with Crippen LogP contribution in [0.15, 0.2) is 0 Å². The predicted octanol–water partition coefficient (Wildman–Crippen LogP) is 3.47. The van der Waals surface area contributed by atoms with Gasteiger partial charge in [0.2, 0.25) is 0 Å². The summed E-state index contributed by atoms with van der Waals surface area (Å²) >= 11 is 0. The Kier molecular flexibility index (Phi) is 5.70. The highest BCUT2D eigenvalue weighted by atomic mass is 15.2. The van der Waals surface area contributed by atoms with Crippen molar-refractivity contribution in [1.29, 1.82) is 0 Å². The van der Waals surface area contributed by atoms with E-state index < -0.39 is 0 Å². The molecule has 0 saturated carbocycles. The highest BCUT2D eigenvalue weighted by Crippen LogP contribution is 2.27. The van der Waals surface area contributed by atoms with Gasteiger partial charge in [0.05, 0.1) is 0 Å². The average molecular weight is 266 g/mol. The summed E-state index contributed by atoms with van der Waals surface area (Å²) in [6.45, 7) is 16.2. The molecule has 2 heteroatoms. The van der Waals surface area contributed by atoms with Gasteiger partial charge < -0.3 is 9.80 Å². The third kappa shape index (κ3) is 4.19. The van der Waals surface area contributed by atoms with Gasteiger partial charge in [0.1, 0.15) is 0 Å². The summed E-state index contributed by atoms with van der Waals surface area (Å²) in [6, 6.07) is 0.726. The largest absolute Gasteiger partial charge is 0.303 e. The molecule has 2 nitrogen and oxygen atoms in total. The molecule has 0 radical (unpaired) electrons. The maximum atomic E-state index is 2.75. The van der Waals surface area contributed by atoms with Gasteiger partial charge in [-0.3, -0.25) is 0 Å². The van der Waals surface area contributed by atoms with Crippen molar-refractivity contribution < 1.29 is 0 Å². The van der Waals surface area contributed by atoms with E-state index in [1.165, 1.54) is 58.4 Å². The van der Waals surface area contributed by atoms with E-state index in [0.29, 0.717) is 0 Å². The second-order valence-corrected chi connectivity index (χ2v) is 7.27. The Morgan fingerprint density at radius 2 is 1.74 bits per heavy atom. The molecule has 0 aromatic rings. The molecule has 2 aliphatic rings. The van der Waals surface area contributed by atoms with E-state index in [-0.39, 0.29) is 0 Å². The number of piperidine rings is 2. The summed E-state index contributed by atoms with van der Waals surface area (Å²) in [7, 11) is 0. The summed E-state index contributed by atoms with van der Waals surface area (Å²) in [5.74, 6) is 2.82. The Labute approximate surface area is 120 Å². The van der Waals surface area contributed by atoms with Crippen molar-refractivity contribution in [3.63, 3.8) is 0 Å². The zero-order valence-electron chi connectivity index (χ0n) is 13.6. The van der Waals surface area contributed by atoms with Crippen molar-refractivity contribution in [3.8, 4) is 0 Å². The first-order valence-corrected chi connectivity index (χ1v) is 8.56. The van der Waals surface area contributed by atoms with Gasteiger partial charge in [-0.1, -0.05) is 20.3 Å². The number of hydrogen-bond donors (Lipinski definition) is 0. The van der Waals surface area contributed by atoms with E-state index in [2.05, 4.69) is 37.5 Å². The van der Waals surface area contributed by atoms with Crippen molar-refractivity contribution in [2.24, 2.45) is 17.8 Å². The maximum Gasteiger partial charge on any atom is 0.00387 e. The van der Waals surface area contributed by atoms with Crippen LogP contribution in [0.2, 0.25) is 0 Å². The van der Waals surface area contributed by atoms with Crippen LogP contribution in [-0.4, -0.2) is 48.6 Å². The van der Waals surface area contributed by atoms with Crippen molar-refractivity contribution in [2.75, 3.05) is 32.7 Å². The van der Waals surface area contributed by atoms with E-state index in [1.54, 1.807) is 0 Å². The number of rotatable bonds is 4. The van der Waals surface area contributed by atoms with Gasteiger partial charge in [-0.15, -0.1) is 0 Å². The average Bonchev–Trinajstić information content (AvgIpc) is 2.41. The van der Waals surface area contributed by atoms with Gasteiger partial charge in [0.25, 0.3) is 0 Å². The summed E-state index contributed by atoms with van der Waals surface area (Å²) in [5, 5.41) is 0. The van der Waals surface area contributed by atoms with Gasteiger partial charge in [-0.2, -0.15) is 0 Å². The van der Waals surface area contributed by atoms with Crippen molar-refractivity contribution in [3.05, 3.63) is 0 Å². The molecule has 19 heavy (non-hydrogen) atoms. The molecule has 2 aliphatic heterocycles. The van der Waals surface area contributed by atoms with E-state index in [9.17, 15) is 0 Å². The lowest BCUT2D eigenvalue weighted by Crippen LogP contribution is -2.47. The SMILES string of the molecule is CCC1CCN(CC2CCN(C(C)C)C[C@H]2C)CC1. The molecule has 2 fully saturated rings. The topological polar surface area (TPSA) is 6.48 Å². The summed E-state index contributed by atoms with van der Waals surface area (Å²) in [4.78, 5) is 5.41. The lowest BCUT2D eigenvalue weighted by atomic mass is 9.85. The Bertz CT molecular complexity index is 256. The molecule has 0 aliphatic carbocycles. The second-order valence-electron chi connectivity index (χ2n) is 7.27. The van der Waals surface area contributed by atoms with E-state index >= 15 is 0 Å². The van der Waals surface area contributed by atoms with Crippen LogP contribution in [0.4, 0.5) is 0 Å². The van der Waals surface area contributed by atoms with Crippen LogP contribution < -0.4 is 0 Å². The van der Waals surface area contributed by atoms with Crippen molar-refractivity contribution >= 4 is 0 Å². The van der Waals surface area contributed by atoms with Crippen LogP contribution in [0.5, 0.6) is 0 Å². The quantitative estimate of drug-likeness (QED) is 0.769. The Hall–Kier alpha value is -0.0800. The van der Waals surface area contributed by atoms with Crippen molar-refractivity contribution in [2.45, 2.75) is 59.4 Å². The minimum atomic E-state index is 0.726. The van der Waals surface area contributed by atoms with E-state index in [1.807, 2.05) is 0 Å². The van der Waals surface area contributed by atoms with Gasteiger partial charge in [-0.25, -0.2) is 0 Å². The number of hydrogen-bond acceptors (Lipinski definition) is 2. The predicted molar refractivity (Wildman–Crippen MR) is 83.4 cm³/mol. The fraction of sp³-hybridized carbons (Fsp3) is 1.00. The lowest BCUT2D eigenvalue weighted by Gasteiger charge is -2.42. The zero-order valence-corrected chi connectivity index (χ0v) is 13.6. The third-order valence-corrected chi connectivity index (χ3v) is 5.62. The standard InChI is InChI=1S/C17H34N2/c1-5-16-6-9-18(10-7-16)13-17-8-11-19(14(2)3)12-15(17)4/h14-17H,5-13H2,1-4H3/t15-,17?/m1/s1. The fourth-order valence-electron chi connectivity index (χ4n) is 3.88. The number of likely N-dealkylation sites (tertiary alicyclic amines) is 2. The molecule has 112 valence electrons. The molecule has 0 N–H and O–H groups in total. The molecular formula is C17H34N2. The molecule has 0 bridgehead atoms. The first-order valence-electron chi connectivity index (χ1n) is 8.56. The minimum absolute atomic E-state index is 0.726. The minimum Gasteiger partial charge on any atom is -0.303 e. The highest BCUT2D eigenvalue weighted by Gasteiger charge is 2.29. The Balaban J connectivity index is 1.75. The summed E-state index contributed by atoms with van der Waals surface area (Å²) in [5.41, 5.74) is 0.